The number of carbonyl (C=O) groups excluding carboxylic acids is 1. The van der Waals surface area contributed by atoms with Gasteiger partial charge in [-0.3, -0.25) is 4.79 Å². The molecule has 5 nitrogen and oxygen atoms in total. The molecule has 2 aromatic rings. The van der Waals surface area contributed by atoms with Gasteiger partial charge in [0.05, 0.1) is 23.8 Å². The molecular formula is C17H17BrN2O3. The van der Waals surface area contributed by atoms with E-state index < -0.39 is 0 Å². The van der Waals surface area contributed by atoms with Crippen LogP contribution in [-0.4, -0.2) is 19.6 Å². The highest BCUT2D eigenvalue weighted by Crippen LogP contribution is 2.39. The fourth-order valence-corrected chi connectivity index (χ4v) is 3.14. The van der Waals surface area contributed by atoms with Gasteiger partial charge in [0, 0.05) is 5.69 Å². The summed E-state index contributed by atoms with van der Waals surface area (Å²) < 4.78 is 11.8. The number of para-hydroxylation sites is 1. The van der Waals surface area contributed by atoms with Gasteiger partial charge in [0.1, 0.15) is 6.17 Å². The number of carbonyl (C=O) groups is 1. The van der Waals surface area contributed by atoms with Gasteiger partial charge in [-0.05, 0) is 52.7 Å². The van der Waals surface area contributed by atoms with Crippen molar-refractivity contribution in [1.29, 1.82) is 0 Å². The second kappa shape index (κ2) is 6.50. The first-order valence-corrected chi connectivity index (χ1v) is 8.10. The summed E-state index contributed by atoms with van der Waals surface area (Å²) in [5.41, 5.74) is 2.32. The molecule has 23 heavy (non-hydrogen) atoms. The third kappa shape index (κ3) is 2.99. The van der Waals surface area contributed by atoms with Crippen LogP contribution in [0.2, 0.25) is 0 Å². The Kier molecular flexibility index (Phi) is 4.43. The minimum Gasteiger partial charge on any atom is -0.493 e. The SMILES string of the molecule is CCOc1c(Br)cc([C@H]2NC(=O)c3ccccc3N2)cc1OC. The van der Waals surface area contributed by atoms with Gasteiger partial charge >= 0.3 is 0 Å². The van der Waals surface area contributed by atoms with E-state index in [2.05, 4.69) is 26.6 Å². The molecule has 1 heterocycles. The summed E-state index contributed by atoms with van der Waals surface area (Å²) in [5, 5.41) is 6.28. The topological polar surface area (TPSA) is 59.6 Å². The molecule has 0 saturated heterocycles. The second-order valence-corrected chi connectivity index (χ2v) is 5.92. The summed E-state index contributed by atoms with van der Waals surface area (Å²) in [4.78, 5) is 12.3. The highest BCUT2D eigenvalue weighted by atomic mass is 79.9. The van der Waals surface area contributed by atoms with Crippen molar-refractivity contribution in [2.75, 3.05) is 19.0 Å². The van der Waals surface area contributed by atoms with Crippen LogP contribution in [-0.2, 0) is 0 Å². The Bertz CT molecular complexity index is 749. The van der Waals surface area contributed by atoms with Gasteiger partial charge in [0.2, 0.25) is 0 Å². The summed E-state index contributed by atoms with van der Waals surface area (Å²) in [6.45, 7) is 2.46. The second-order valence-electron chi connectivity index (χ2n) is 5.06. The van der Waals surface area contributed by atoms with E-state index in [1.54, 1.807) is 13.2 Å². The molecule has 1 amide bonds. The fraction of sp³-hybridized carbons (Fsp3) is 0.235. The van der Waals surface area contributed by atoms with Crippen molar-refractivity contribution >= 4 is 27.5 Å². The summed E-state index contributed by atoms with van der Waals surface area (Å²) in [5.74, 6) is 1.17. The van der Waals surface area contributed by atoms with Crippen molar-refractivity contribution < 1.29 is 14.3 Å². The summed E-state index contributed by atoms with van der Waals surface area (Å²) >= 11 is 3.51. The molecule has 0 aliphatic carbocycles. The largest absolute Gasteiger partial charge is 0.493 e. The van der Waals surface area contributed by atoms with Crippen molar-refractivity contribution in [3.8, 4) is 11.5 Å². The molecule has 0 radical (unpaired) electrons. The van der Waals surface area contributed by atoms with E-state index in [1.807, 2.05) is 37.3 Å². The first-order valence-electron chi connectivity index (χ1n) is 7.30. The van der Waals surface area contributed by atoms with E-state index in [1.165, 1.54) is 0 Å². The molecule has 2 N–H and O–H groups in total. The summed E-state index contributed by atoms with van der Waals surface area (Å²) in [6, 6.07) is 11.2. The Labute approximate surface area is 143 Å². The number of benzene rings is 2. The molecule has 6 heteroatoms. The standard InChI is InChI=1S/C17H17BrN2O3/c1-3-23-15-12(18)8-10(9-14(15)22-2)16-19-13-7-5-4-6-11(13)17(21)20-16/h4-9,16,19H,3H2,1-2H3,(H,20,21)/t16-/m1/s1. The van der Waals surface area contributed by atoms with Crippen LogP contribution < -0.4 is 20.1 Å². The molecule has 0 saturated carbocycles. The lowest BCUT2D eigenvalue weighted by atomic mass is 10.1. The van der Waals surface area contributed by atoms with Gasteiger partial charge in [-0.25, -0.2) is 0 Å². The molecule has 0 unspecified atom stereocenters. The first kappa shape index (κ1) is 15.7. The maximum Gasteiger partial charge on any atom is 0.255 e. The van der Waals surface area contributed by atoms with Crippen LogP contribution in [0.3, 0.4) is 0 Å². The number of hydrogen-bond acceptors (Lipinski definition) is 4. The third-order valence-corrected chi connectivity index (χ3v) is 4.21. The van der Waals surface area contributed by atoms with Crippen LogP contribution in [0.25, 0.3) is 0 Å². The van der Waals surface area contributed by atoms with Crippen molar-refractivity contribution in [3.63, 3.8) is 0 Å². The Hall–Kier alpha value is -2.21. The number of methoxy groups -OCH3 is 1. The number of halogens is 1. The molecule has 1 atom stereocenters. The molecule has 1 aliphatic rings. The molecule has 0 aromatic heterocycles. The zero-order valence-corrected chi connectivity index (χ0v) is 14.4. The molecule has 0 spiro atoms. The monoisotopic (exact) mass is 376 g/mol. The van der Waals surface area contributed by atoms with Gasteiger partial charge < -0.3 is 20.1 Å². The van der Waals surface area contributed by atoms with Crippen LogP contribution in [0, 0.1) is 0 Å². The van der Waals surface area contributed by atoms with Gasteiger partial charge in [-0.1, -0.05) is 12.1 Å². The van der Waals surface area contributed by atoms with Crippen LogP contribution in [0.15, 0.2) is 40.9 Å². The quantitative estimate of drug-likeness (QED) is 0.853. The van der Waals surface area contributed by atoms with E-state index in [4.69, 9.17) is 9.47 Å². The molecule has 1 aliphatic heterocycles. The van der Waals surface area contributed by atoms with Crippen LogP contribution in [0.4, 0.5) is 5.69 Å². The number of hydrogen-bond donors (Lipinski definition) is 2. The lowest BCUT2D eigenvalue weighted by Crippen LogP contribution is -2.38. The van der Waals surface area contributed by atoms with Crippen LogP contribution >= 0.6 is 15.9 Å². The molecule has 0 fully saturated rings. The average Bonchev–Trinajstić information content (AvgIpc) is 2.56. The Morgan fingerprint density at radius 3 is 2.74 bits per heavy atom. The third-order valence-electron chi connectivity index (χ3n) is 3.62. The lowest BCUT2D eigenvalue weighted by molar-refractivity contribution is 0.0935. The van der Waals surface area contributed by atoms with E-state index in [0.29, 0.717) is 23.7 Å². The molecular weight excluding hydrogens is 360 g/mol. The highest BCUT2D eigenvalue weighted by molar-refractivity contribution is 9.10. The first-order chi connectivity index (χ1) is 11.1. The fourth-order valence-electron chi connectivity index (χ4n) is 2.56. The minimum absolute atomic E-state index is 0.103. The van der Waals surface area contributed by atoms with Crippen molar-refractivity contribution in [2.45, 2.75) is 13.1 Å². The van der Waals surface area contributed by atoms with Gasteiger partial charge in [-0.2, -0.15) is 0 Å². The molecule has 3 rings (SSSR count). The number of ether oxygens (including phenoxy) is 2. The number of amides is 1. The predicted molar refractivity (Wildman–Crippen MR) is 92.1 cm³/mol. The van der Waals surface area contributed by atoms with E-state index in [-0.39, 0.29) is 12.1 Å². The Balaban J connectivity index is 1.97. The van der Waals surface area contributed by atoms with Gasteiger partial charge in [0.25, 0.3) is 5.91 Å². The average molecular weight is 377 g/mol. The van der Waals surface area contributed by atoms with Crippen molar-refractivity contribution in [3.05, 3.63) is 52.0 Å². The van der Waals surface area contributed by atoms with Gasteiger partial charge in [0.15, 0.2) is 11.5 Å². The van der Waals surface area contributed by atoms with Crippen molar-refractivity contribution in [1.82, 2.24) is 5.32 Å². The normalized spacial score (nSPS) is 16.1. The van der Waals surface area contributed by atoms with Crippen LogP contribution in [0.1, 0.15) is 29.0 Å². The minimum atomic E-state index is -0.335. The lowest BCUT2D eigenvalue weighted by Gasteiger charge is -2.28. The molecule has 120 valence electrons. The number of nitrogens with one attached hydrogen (secondary N) is 2. The molecule has 0 bridgehead atoms. The summed E-state index contributed by atoms with van der Waals surface area (Å²) in [7, 11) is 1.59. The number of fused-ring (bicyclic) bond motifs is 1. The van der Waals surface area contributed by atoms with E-state index in [0.717, 1.165) is 15.7 Å². The predicted octanol–water partition coefficient (Wildman–Crippen LogP) is 3.71. The van der Waals surface area contributed by atoms with Crippen molar-refractivity contribution in [2.24, 2.45) is 0 Å². The zero-order chi connectivity index (χ0) is 16.4. The van der Waals surface area contributed by atoms with Gasteiger partial charge in [-0.15, -0.1) is 0 Å². The zero-order valence-electron chi connectivity index (χ0n) is 12.9. The number of rotatable bonds is 4. The maximum absolute atomic E-state index is 12.3. The maximum atomic E-state index is 12.3. The molecule has 2 aromatic carbocycles. The highest BCUT2D eigenvalue weighted by Gasteiger charge is 2.25. The summed E-state index contributed by atoms with van der Waals surface area (Å²) in [6.07, 6.45) is -0.335. The smallest absolute Gasteiger partial charge is 0.255 e. The van der Waals surface area contributed by atoms with E-state index in [9.17, 15) is 4.79 Å². The Morgan fingerprint density at radius 2 is 2.00 bits per heavy atom. The Morgan fingerprint density at radius 1 is 1.22 bits per heavy atom. The van der Waals surface area contributed by atoms with Crippen LogP contribution in [0.5, 0.6) is 11.5 Å². The number of anilines is 1. The van der Waals surface area contributed by atoms with E-state index >= 15 is 0 Å².